The van der Waals surface area contributed by atoms with Crippen LogP contribution in [0.2, 0.25) is 0 Å². The highest BCUT2D eigenvalue weighted by Gasteiger charge is 2.28. The second kappa shape index (κ2) is 4.61. The zero-order valence-electron chi connectivity index (χ0n) is 8.75. The van der Waals surface area contributed by atoms with Crippen LogP contribution in [0.4, 0.5) is 0 Å². The Morgan fingerprint density at radius 3 is 2.77 bits per heavy atom. The second-order valence-electron chi connectivity index (χ2n) is 4.16. The van der Waals surface area contributed by atoms with E-state index in [2.05, 4.69) is 4.90 Å². The monoisotopic (exact) mass is 185 g/mol. The van der Waals surface area contributed by atoms with Crippen LogP contribution in [0, 0.1) is 5.92 Å². The highest BCUT2D eigenvalue weighted by atomic mass is 16.5. The zero-order valence-corrected chi connectivity index (χ0v) is 8.75. The molecule has 1 saturated heterocycles. The molecule has 0 saturated carbocycles. The molecular formula is C10H19NO2. The molecule has 3 heteroatoms. The van der Waals surface area contributed by atoms with Gasteiger partial charge < -0.3 is 4.74 Å². The standard InChI is InChI=1S/C10H19NO2/c1-8(2)7-13-10(12)9-5-4-6-11(9)3/h8-9H,4-7H2,1-3H3/t9-/m0/s1. The van der Waals surface area contributed by atoms with E-state index in [9.17, 15) is 4.79 Å². The lowest BCUT2D eigenvalue weighted by Gasteiger charge is -2.18. The van der Waals surface area contributed by atoms with Gasteiger partial charge in [-0.15, -0.1) is 0 Å². The molecule has 0 aromatic rings. The molecule has 0 aromatic heterocycles. The van der Waals surface area contributed by atoms with E-state index in [1.807, 2.05) is 20.9 Å². The van der Waals surface area contributed by atoms with Crippen LogP contribution in [0.15, 0.2) is 0 Å². The molecule has 1 atom stereocenters. The number of hydrogen-bond acceptors (Lipinski definition) is 3. The summed E-state index contributed by atoms with van der Waals surface area (Å²) in [5, 5.41) is 0. The third-order valence-electron chi connectivity index (χ3n) is 2.35. The van der Waals surface area contributed by atoms with E-state index in [1.54, 1.807) is 0 Å². The van der Waals surface area contributed by atoms with Crippen molar-refractivity contribution < 1.29 is 9.53 Å². The Balaban J connectivity index is 2.30. The number of nitrogens with zero attached hydrogens (tertiary/aromatic N) is 1. The minimum atomic E-state index is -0.0475. The zero-order chi connectivity index (χ0) is 9.84. The highest BCUT2D eigenvalue weighted by Crippen LogP contribution is 2.16. The van der Waals surface area contributed by atoms with Crippen LogP contribution in [0.25, 0.3) is 0 Å². The van der Waals surface area contributed by atoms with Gasteiger partial charge in [-0.05, 0) is 32.4 Å². The van der Waals surface area contributed by atoms with Crippen LogP contribution in [0.3, 0.4) is 0 Å². The smallest absolute Gasteiger partial charge is 0.323 e. The molecule has 0 aliphatic carbocycles. The first kappa shape index (κ1) is 10.5. The maximum absolute atomic E-state index is 11.5. The predicted octanol–water partition coefficient (Wildman–Crippen LogP) is 1.28. The van der Waals surface area contributed by atoms with Crippen molar-refractivity contribution in [1.82, 2.24) is 4.90 Å². The third-order valence-corrected chi connectivity index (χ3v) is 2.35. The van der Waals surface area contributed by atoms with Gasteiger partial charge in [-0.25, -0.2) is 0 Å². The Hall–Kier alpha value is -0.570. The summed E-state index contributed by atoms with van der Waals surface area (Å²) in [6.07, 6.45) is 2.06. The number of carbonyl (C=O) groups is 1. The first-order chi connectivity index (χ1) is 6.11. The van der Waals surface area contributed by atoms with Crippen molar-refractivity contribution in [3.05, 3.63) is 0 Å². The number of hydrogen-bond donors (Lipinski definition) is 0. The van der Waals surface area contributed by atoms with E-state index in [1.165, 1.54) is 0 Å². The van der Waals surface area contributed by atoms with Gasteiger partial charge in [-0.1, -0.05) is 13.8 Å². The van der Waals surface area contributed by atoms with Crippen LogP contribution in [-0.4, -0.2) is 37.1 Å². The summed E-state index contributed by atoms with van der Waals surface area (Å²) < 4.78 is 5.18. The number of carbonyl (C=O) groups excluding carboxylic acids is 1. The summed E-state index contributed by atoms with van der Waals surface area (Å²) in [5.74, 6) is 0.379. The fourth-order valence-electron chi connectivity index (χ4n) is 1.55. The predicted molar refractivity (Wildman–Crippen MR) is 51.4 cm³/mol. The van der Waals surface area contributed by atoms with Gasteiger partial charge in [0, 0.05) is 0 Å². The number of likely N-dealkylation sites (tertiary alicyclic amines) is 1. The topological polar surface area (TPSA) is 29.5 Å². The van der Waals surface area contributed by atoms with Crippen LogP contribution in [0.5, 0.6) is 0 Å². The van der Waals surface area contributed by atoms with E-state index in [0.29, 0.717) is 12.5 Å². The van der Waals surface area contributed by atoms with Crippen molar-refractivity contribution in [3.8, 4) is 0 Å². The van der Waals surface area contributed by atoms with Gasteiger partial charge in [0.15, 0.2) is 0 Å². The maximum atomic E-state index is 11.5. The Morgan fingerprint density at radius 2 is 2.31 bits per heavy atom. The summed E-state index contributed by atoms with van der Waals surface area (Å²) in [6.45, 7) is 5.65. The lowest BCUT2D eigenvalue weighted by Crippen LogP contribution is -2.34. The third kappa shape index (κ3) is 2.99. The van der Waals surface area contributed by atoms with Crippen molar-refractivity contribution in [3.63, 3.8) is 0 Å². The Kier molecular flexibility index (Phi) is 3.72. The van der Waals surface area contributed by atoms with Crippen molar-refractivity contribution in [1.29, 1.82) is 0 Å². The minimum Gasteiger partial charge on any atom is -0.464 e. The molecule has 1 heterocycles. The van der Waals surface area contributed by atoms with Crippen LogP contribution in [-0.2, 0) is 9.53 Å². The molecule has 1 rings (SSSR count). The van der Waals surface area contributed by atoms with Crippen molar-refractivity contribution in [2.45, 2.75) is 32.7 Å². The summed E-state index contributed by atoms with van der Waals surface area (Å²) in [5.41, 5.74) is 0. The molecule has 0 spiro atoms. The highest BCUT2D eigenvalue weighted by molar-refractivity contribution is 5.76. The van der Waals surface area contributed by atoms with E-state index < -0.39 is 0 Å². The number of rotatable bonds is 3. The Labute approximate surface area is 80.1 Å². The van der Waals surface area contributed by atoms with Crippen LogP contribution in [0.1, 0.15) is 26.7 Å². The Morgan fingerprint density at radius 1 is 1.62 bits per heavy atom. The van der Waals surface area contributed by atoms with Crippen molar-refractivity contribution in [2.75, 3.05) is 20.2 Å². The quantitative estimate of drug-likeness (QED) is 0.620. The van der Waals surface area contributed by atoms with Crippen LogP contribution >= 0.6 is 0 Å². The Bertz CT molecular complexity index is 180. The minimum absolute atomic E-state index is 0.0127. The molecule has 0 radical (unpaired) electrons. The van der Waals surface area contributed by atoms with Gasteiger partial charge in [-0.3, -0.25) is 9.69 Å². The normalized spacial score (nSPS) is 23.8. The molecule has 1 aliphatic heterocycles. The van der Waals surface area contributed by atoms with E-state index in [4.69, 9.17) is 4.74 Å². The van der Waals surface area contributed by atoms with Gasteiger partial charge in [0.05, 0.1) is 6.61 Å². The average Bonchev–Trinajstić information content (AvgIpc) is 2.47. The van der Waals surface area contributed by atoms with Crippen LogP contribution < -0.4 is 0 Å². The molecule has 0 N–H and O–H groups in total. The first-order valence-electron chi connectivity index (χ1n) is 4.98. The fraction of sp³-hybridized carbons (Fsp3) is 0.900. The molecule has 0 bridgehead atoms. The lowest BCUT2D eigenvalue weighted by molar-refractivity contribution is -0.149. The average molecular weight is 185 g/mol. The number of ether oxygens (including phenoxy) is 1. The molecule has 1 aliphatic rings. The fourth-order valence-corrected chi connectivity index (χ4v) is 1.55. The SMILES string of the molecule is CC(C)COC(=O)[C@@H]1CCCN1C. The lowest BCUT2D eigenvalue weighted by atomic mass is 10.2. The molecule has 3 nitrogen and oxygen atoms in total. The first-order valence-corrected chi connectivity index (χ1v) is 4.98. The summed E-state index contributed by atoms with van der Waals surface area (Å²) in [6, 6.07) is 0.0127. The summed E-state index contributed by atoms with van der Waals surface area (Å²) in [4.78, 5) is 13.6. The van der Waals surface area contributed by atoms with E-state index in [-0.39, 0.29) is 12.0 Å². The molecule has 0 unspecified atom stereocenters. The molecule has 13 heavy (non-hydrogen) atoms. The van der Waals surface area contributed by atoms with E-state index in [0.717, 1.165) is 19.4 Å². The van der Waals surface area contributed by atoms with Gasteiger partial charge in [0.2, 0.25) is 0 Å². The molecular weight excluding hydrogens is 166 g/mol. The number of esters is 1. The van der Waals surface area contributed by atoms with E-state index >= 15 is 0 Å². The van der Waals surface area contributed by atoms with Gasteiger partial charge >= 0.3 is 5.97 Å². The van der Waals surface area contributed by atoms with Gasteiger partial charge in [0.25, 0.3) is 0 Å². The molecule has 0 amide bonds. The summed E-state index contributed by atoms with van der Waals surface area (Å²) >= 11 is 0. The molecule has 76 valence electrons. The second-order valence-corrected chi connectivity index (χ2v) is 4.16. The van der Waals surface area contributed by atoms with Crippen molar-refractivity contribution in [2.24, 2.45) is 5.92 Å². The number of likely N-dealkylation sites (N-methyl/N-ethyl adjacent to an activating group) is 1. The largest absolute Gasteiger partial charge is 0.464 e. The van der Waals surface area contributed by atoms with Crippen molar-refractivity contribution >= 4 is 5.97 Å². The summed E-state index contributed by atoms with van der Waals surface area (Å²) in [7, 11) is 1.98. The van der Waals surface area contributed by atoms with Gasteiger partial charge in [0.1, 0.15) is 6.04 Å². The molecule has 0 aromatic carbocycles. The molecule has 1 fully saturated rings. The van der Waals surface area contributed by atoms with Gasteiger partial charge in [-0.2, -0.15) is 0 Å². The maximum Gasteiger partial charge on any atom is 0.323 e.